The molecule has 2 aromatic carbocycles. The van der Waals surface area contributed by atoms with Crippen molar-refractivity contribution >= 4 is 28.4 Å². The highest BCUT2D eigenvalue weighted by atomic mass is 16.2. The number of para-hydroxylation sites is 2. The van der Waals surface area contributed by atoms with Crippen LogP contribution in [0, 0.1) is 6.92 Å². The average molecular weight is 386 g/mol. The molecule has 0 aliphatic rings. The number of amides is 1. The zero-order valence-corrected chi connectivity index (χ0v) is 16.6. The molecule has 6 heteroatoms. The van der Waals surface area contributed by atoms with Gasteiger partial charge < -0.3 is 15.3 Å². The number of benzene rings is 2. The van der Waals surface area contributed by atoms with Crippen molar-refractivity contribution in [2.75, 3.05) is 5.32 Å². The smallest absolute Gasteiger partial charge is 0.272 e. The van der Waals surface area contributed by atoms with Gasteiger partial charge in [0.2, 0.25) is 0 Å². The van der Waals surface area contributed by atoms with Crippen LogP contribution < -0.4 is 5.32 Å². The number of fused-ring (bicyclic) bond motifs is 1. The number of aromatic amines is 2. The fourth-order valence-corrected chi connectivity index (χ4v) is 3.70. The zero-order chi connectivity index (χ0) is 20.5. The van der Waals surface area contributed by atoms with Crippen LogP contribution in [0.4, 0.5) is 5.69 Å². The van der Waals surface area contributed by atoms with Crippen LogP contribution in [0.5, 0.6) is 0 Å². The van der Waals surface area contributed by atoms with Crippen molar-refractivity contribution in [3.8, 4) is 11.4 Å². The van der Waals surface area contributed by atoms with Crippen molar-refractivity contribution in [3.05, 3.63) is 71.0 Å². The first-order valence-electron chi connectivity index (χ1n) is 9.56. The summed E-state index contributed by atoms with van der Waals surface area (Å²) in [4.78, 5) is 35.7. The summed E-state index contributed by atoms with van der Waals surface area (Å²) in [6.07, 6.45) is 0.604. The number of nitrogens with one attached hydrogen (secondary N) is 3. The molecule has 2 heterocycles. The number of aromatic nitrogens is 3. The van der Waals surface area contributed by atoms with E-state index in [2.05, 4.69) is 20.3 Å². The van der Waals surface area contributed by atoms with Gasteiger partial charge in [-0.25, -0.2) is 4.98 Å². The van der Waals surface area contributed by atoms with E-state index < -0.39 is 0 Å². The molecule has 0 bridgehead atoms. The second kappa shape index (κ2) is 7.39. The number of imidazole rings is 1. The number of H-pyrrole nitrogens is 2. The van der Waals surface area contributed by atoms with Crippen molar-refractivity contribution < 1.29 is 9.59 Å². The topological polar surface area (TPSA) is 90.6 Å². The molecular weight excluding hydrogens is 364 g/mol. The summed E-state index contributed by atoms with van der Waals surface area (Å²) in [5, 5.41) is 2.91. The summed E-state index contributed by atoms with van der Waals surface area (Å²) in [6, 6.07) is 15.4. The number of Topliss-reactive ketones (excluding diaryl/α,β-unsaturated/α-hetero) is 1. The third-order valence-corrected chi connectivity index (χ3v) is 5.03. The second-order valence-corrected chi connectivity index (χ2v) is 7.02. The van der Waals surface area contributed by atoms with Gasteiger partial charge in [0.15, 0.2) is 5.78 Å². The van der Waals surface area contributed by atoms with Crippen LogP contribution in [0.15, 0.2) is 48.5 Å². The van der Waals surface area contributed by atoms with E-state index in [4.69, 9.17) is 0 Å². The lowest BCUT2D eigenvalue weighted by Gasteiger charge is -2.07. The Morgan fingerprint density at radius 2 is 1.76 bits per heavy atom. The minimum atomic E-state index is -0.256. The predicted molar refractivity (Wildman–Crippen MR) is 114 cm³/mol. The van der Waals surface area contributed by atoms with Gasteiger partial charge in [0.05, 0.1) is 11.0 Å². The van der Waals surface area contributed by atoms with Crippen LogP contribution >= 0.6 is 0 Å². The van der Waals surface area contributed by atoms with Gasteiger partial charge in [0, 0.05) is 22.5 Å². The number of hydrogen-bond donors (Lipinski definition) is 3. The van der Waals surface area contributed by atoms with Crippen LogP contribution in [0.3, 0.4) is 0 Å². The Bertz CT molecular complexity index is 1180. The fraction of sp³-hybridized carbons (Fsp3) is 0.174. The Balaban J connectivity index is 1.57. The largest absolute Gasteiger partial charge is 0.354 e. The SMILES string of the molecule is CCc1c(C(=O)Nc2ccc(-c3nc4ccccc4[nH]3)cc2)[nH]c(C)c1C(C)=O. The number of aryl methyl sites for hydroxylation is 1. The molecule has 0 atom stereocenters. The van der Waals surface area contributed by atoms with E-state index in [1.807, 2.05) is 62.4 Å². The summed E-state index contributed by atoms with van der Waals surface area (Å²) in [6.45, 7) is 5.27. The number of carbonyl (C=O) groups is 2. The van der Waals surface area contributed by atoms with Gasteiger partial charge in [-0.1, -0.05) is 19.1 Å². The van der Waals surface area contributed by atoms with Gasteiger partial charge in [-0.2, -0.15) is 0 Å². The van der Waals surface area contributed by atoms with E-state index in [-0.39, 0.29) is 11.7 Å². The van der Waals surface area contributed by atoms with Gasteiger partial charge in [-0.05, 0) is 62.2 Å². The van der Waals surface area contributed by atoms with E-state index in [1.54, 1.807) is 0 Å². The molecule has 2 aromatic heterocycles. The Hall–Kier alpha value is -3.67. The lowest BCUT2D eigenvalue weighted by atomic mass is 10.0. The maximum Gasteiger partial charge on any atom is 0.272 e. The van der Waals surface area contributed by atoms with Crippen LogP contribution in [0.25, 0.3) is 22.4 Å². The molecule has 0 unspecified atom stereocenters. The van der Waals surface area contributed by atoms with Crippen molar-refractivity contribution in [1.29, 1.82) is 0 Å². The Labute approximate surface area is 168 Å². The molecule has 0 saturated carbocycles. The highest BCUT2D eigenvalue weighted by Gasteiger charge is 2.21. The van der Waals surface area contributed by atoms with Crippen molar-refractivity contribution in [3.63, 3.8) is 0 Å². The molecule has 0 saturated heterocycles. The molecule has 6 nitrogen and oxygen atoms in total. The van der Waals surface area contributed by atoms with Crippen LogP contribution in [0.2, 0.25) is 0 Å². The lowest BCUT2D eigenvalue weighted by Crippen LogP contribution is -2.14. The molecule has 3 N–H and O–H groups in total. The van der Waals surface area contributed by atoms with Gasteiger partial charge in [-0.3, -0.25) is 9.59 Å². The first-order chi connectivity index (χ1) is 14.0. The predicted octanol–water partition coefficient (Wildman–Crippen LogP) is 4.88. The van der Waals surface area contributed by atoms with E-state index in [9.17, 15) is 9.59 Å². The molecule has 0 radical (unpaired) electrons. The van der Waals surface area contributed by atoms with Crippen LogP contribution in [0.1, 0.15) is 46.0 Å². The number of rotatable bonds is 5. The first kappa shape index (κ1) is 18.7. The number of carbonyl (C=O) groups excluding carboxylic acids is 2. The summed E-state index contributed by atoms with van der Waals surface area (Å²) in [5.74, 6) is 0.488. The minimum Gasteiger partial charge on any atom is -0.354 e. The normalized spacial score (nSPS) is 11.0. The van der Waals surface area contributed by atoms with Gasteiger partial charge in [0.25, 0.3) is 5.91 Å². The summed E-state index contributed by atoms with van der Waals surface area (Å²) < 4.78 is 0. The van der Waals surface area contributed by atoms with Crippen molar-refractivity contribution in [2.24, 2.45) is 0 Å². The van der Waals surface area contributed by atoms with Gasteiger partial charge in [-0.15, -0.1) is 0 Å². The zero-order valence-electron chi connectivity index (χ0n) is 16.6. The van der Waals surface area contributed by atoms with Crippen molar-refractivity contribution in [2.45, 2.75) is 27.2 Å². The van der Waals surface area contributed by atoms with E-state index in [1.165, 1.54) is 6.92 Å². The highest BCUT2D eigenvalue weighted by Crippen LogP contribution is 2.24. The van der Waals surface area contributed by atoms with Crippen molar-refractivity contribution in [1.82, 2.24) is 15.0 Å². The van der Waals surface area contributed by atoms with E-state index in [0.29, 0.717) is 23.4 Å². The Morgan fingerprint density at radius 1 is 1.03 bits per heavy atom. The van der Waals surface area contributed by atoms with Gasteiger partial charge >= 0.3 is 0 Å². The number of nitrogens with zero attached hydrogens (tertiary/aromatic N) is 1. The van der Waals surface area contributed by atoms with Crippen LogP contribution in [-0.4, -0.2) is 26.6 Å². The van der Waals surface area contributed by atoms with Gasteiger partial charge in [0.1, 0.15) is 11.5 Å². The molecule has 1 amide bonds. The number of anilines is 1. The average Bonchev–Trinajstić information content (AvgIpc) is 3.29. The Morgan fingerprint density at radius 3 is 2.41 bits per heavy atom. The molecule has 4 aromatic rings. The maximum atomic E-state index is 12.8. The third-order valence-electron chi connectivity index (χ3n) is 5.03. The standard InChI is InChI=1S/C23H22N4O2/c1-4-17-20(14(3)28)13(2)24-21(17)23(29)25-16-11-9-15(10-12-16)22-26-18-7-5-6-8-19(18)27-22/h5-12,24H,4H2,1-3H3,(H,25,29)(H,26,27). The molecular formula is C23H22N4O2. The summed E-state index contributed by atoms with van der Waals surface area (Å²) >= 11 is 0. The Kier molecular flexibility index (Phi) is 4.76. The summed E-state index contributed by atoms with van der Waals surface area (Å²) in [5.41, 5.74) is 6.03. The third kappa shape index (κ3) is 3.45. The first-order valence-corrected chi connectivity index (χ1v) is 9.56. The highest BCUT2D eigenvalue weighted by molar-refractivity contribution is 6.07. The maximum absolute atomic E-state index is 12.8. The molecule has 0 spiro atoms. The molecule has 0 fully saturated rings. The lowest BCUT2D eigenvalue weighted by molar-refractivity contribution is 0.101. The van der Waals surface area contributed by atoms with Crippen LogP contribution in [-0.2, 0) is 6.42 Å². The molecule has 0 aliphatic carbocycles. The molecule has 0 aliphatic heterocycles. The van der Waals surface area contributed by atoms with E-state index in [0.717, 1.165) is 33.7 Å². The number of ketones is 1. The summed E-state index contributed by atoms with van der Waals surface area (Å²) in [7, 11) is 0. The number of hydrogen-bond acceptors (Lipinski definition) is 3. The van der Waals surface area contributed by atoms with E-state index >= 15 is 0 Å². The molecule has 4 rings (SSSR count). The quantitative estimate of drug-likeness (QED) is 0.427. The monoisotopic (exact) mass is 386 g/mol. The minimum absolute atomic E-state index is 0.0372. The second-order valence-electron chi connectivity index (χ2n) is 7.02. The fourth-order valence-electron chi connectivity index (χ4n) is 3.70. The molecule has 29 heavy (non-hydrogen) atoms. The molecule has 146 valence electrons.